The molecule has 0 aliphatic carbocycles. The Hall–Kier alpha value is 0.100. The molecule has 0 aromatic carbocycles. The third-order valence-electron chi connectivity index (χ3n) is 1.75. The summed E-state index contributed by atoms with van der Waals surface area (Å²) < 4.78 is 1.06. The van der Waals surface area contributed by atoms with Gasteiger partial charge in [0.1, 0.15) is 0 Å². The number of aryl methyl sites for hydroxylation is 1. The smallest absolute Gasteiger partial charge is 0.0709 e. The normalized spacial score (nSPS) is 16.1. The van der Waals surface area contributed by atoms with Crippen LogP contribution in [0.4, 0.5) is 0 Å². The van der Waals surface area contributed by atoms with Gasteiger partial charge >= 0.3 is 0 Å². The monoisotopic (exact) mass is 249 g/mol. The maximum Gasteiger partial charge on any atom is 0.0709 e. The van der Waals surface area contributed by atoms with E-state index in [0.717, 1.165) is 9.35 Å². The van der Waals surface area contributed by atoms with Crippen LogP contribution >= 0.6 is 27.3 Å². The minimum atomic E-state index is -0.610. The Labute approximate surface area is 84.5 Å². The predicted octanol–water partition coefficient (Wildman–Crippen LogP) is 1.99. The molecule has 1 unspecified atom stereocenters. The molecule has 68 valence electrons. The van der Waals surface area contributed by atoms with Crippen molar-refractivity contribution < 1.29 is 5.11 Å². The Morgan fingerprint density at radius 1 is 1.75 bits per heavy atom. The van der Waals surface area contributed by atoms with Crippen LogP contribution in [-0.2, 0) is 5.54 Å². The summed E-state index contributed by atoms with van der Waals surface area (Å²) in [6, 6.07) is 1.97. The van der Waals surface area contributed by atoms with Gasteiger partial charge in [-0.3, -0.25) is 0 Å². The maximum atomic E-state index is 9.01. The van der Waals surface area contributed by atoms with E-state index in [4.69, 9.17) is 10.8 Å². The summed E-state index contributed by atoms with van der Waals surface area (Å²) in [6.07, 6.45) is 0. The van der Waals surface area contributed by atoms with E-state index in [9.17, 15) is 0 Å². The van der Waals surface area contributed by atoms with Gasteiger partial charge in [-0.15, -0.1) is 11.3 Å². The average molecular weight is 250 g/mol. The van der Waals surface area contributed by atoms with E-state index in [1.54, 1.807) is 11.3 Å². The largest absolute Gasteiger partial charge is 0.394 e. The van der Waals surface area contributed by atoms with Gasteiger partial charge in [-0.05, 0) is 35.8 Å². The first-order chi connectivity index (χ1) is 5.47. The Balaban J connectivity index is 3.04. The van der Waals surface area contributed by atoms with Crippen molar-refractivity contribution in [1.29, 1.82) is 0 Å². The van der Waals surface area contributed by atoms with Gasteiger partial charge in [-0.1, -0.05) is 0 Å². The molecule has 0 radical (unpaired) electrons. The summed E-state index contributed by atoms with van der Waals surface area (Å²) in [4.78, 5) is 2.20. The highest BCUT2D eigenvalue weighted by Gasteiger charge is 2.22. The van der Waals surface area contributed by atoms with Gasteiger partial charge in [0.25, 0.3) is 0 Å². The van der Waals surface area contributed by atoms with E-state index in [1.807, 2.05) is 19.9 Å². The van der Waals surface area contributed by atoms with E-state index in [1.165, 1.54) is 4.88 Å². The highest BCUT2D eigenvalue weighted by Crippen LogP contribution is 2.32. The number of halogens is 1. The van der Waals surface area contributed by atoms with E-state index in [0.29, 0.717) is 0 Å². The number of rotatable bonds is 2. The predicted molar refractivity (Wildman–Crippen MR) is 55.4 cm³/mol. The molecule has 0 aliphatic heterocycles. The van der Waals surface area contributed by atoms with E-state index in [2.05, 4.69) is 15.9 Å². The Morgan fingerprint density at radius 3 is 2.67 bits per heavy atom. The van der Waals surface area contributed by atoms with Crippen LogP contribution in [0.5, 0.6) is 0 Å². The molecule has 1 aromatic rings. The molecule has 0 fully saturated rings. The first-order valence-electron chi connectivity index (χ1n) is 3.63. The summed E-state index contributed by atoms with van der Waals surface area (Å²) in [6.45, 7) is 3.82. The fourth-order valence-electron chi connectivity index (χ4n) is 0.819. The van der Waals surface area contributed by atoms with Gasteiger partial charge in [0.15, 0.2) is 0 Å². The van der Waals surface area contributed by atoms with Crippen molar-refractivity contribution in [3.05, 3.63) is 20.3 Å². The van der Waals surface area contributed by atoms with E-state index in [-0.39, 0.29) is 6.61 Å². The third kappa shape index (κ3) is 1.88. The molecule has 0 saturated heterocycles. The van der Waals surface area contributed by atoms with Crippen molar-refractivity contribution in [2.75, 3.05) is 6.61 Å². The highest BCUT2D eigenvalue weighted by molar-refractivity contribution is 9.10. The molecule has 1 rings (SSSR count). The Kier molecular flexibility index (Phi) is 2.93. The van der Waals surface area contributed by atoms with Crippen molar-refractivity contribution in [3.63, 3.8) is 0 Å². The van der Waals surface area contributed by atoms with Crippen molar-refractivity contribution in [2.45, 2.75) is 19.4 Å². The van der Waals surface area contributed by atoms with Gasteiger partial charge in [-0.25, -0.2) is 0 Å². The van der Waals surface area contributed by atoms with Gasteiger partial charge in [0, 0.05) is 14.2 Å². The Morgan fingerprint density at radius 2 is 2.33 bits per heavy atom. The molecule has 2 nitrogen and oxygen atoms in total. The molecular formula is C8H12BrNOS. The fraction of sp³-hybridized carbons (Fsp3) is 0.500. The molecule has 0 bridgehead atoms. The number of aliphatic hydroxyl groups excluding tert-OH is 1. The second-order valence-corrected chi connectivity index (χ2v) is 5.20. The molecule has 1 heterocycles. The summed E-state index contributed by atoms with van der Waals surface area (Å²) in [5.74, 6) is 0. The number of nitrogens with two attached hydrogens (primary N) is 1. The average Bonchev–Trinajstić information content (AvgIpc) is 2.33. The second-order valence-electron chi connectivity index (χ2n) is 3.09. The summed E-state index contributed by atoms with van der Waals surface area (Å²) in [5.41, 5.74) is 5.25. The zero-order valence-corrected chi connectivity index (χ0v) is 9.50. The second kappa shape index (κ2) is 3.46. The fourth-order valence-corrected chi connectivity index (χ4v) is 2.40. The summed E-state index contributed by atoms with van der Waals surface area (Å²) >= 11 is 5.02. The molecule has 0 amide bonds. The number of hydrogen-bond acceptors (Lipinski definition) is 3. The number of hydrogen-bond donors (Lipinski definition) is 2. The van der Waals surface area contributed by atoms with Crippen molar-refractivity contribution in [1.82, 2.24) is 0 Å². The van der Waals surface area contributed by atoms with E-state index < -0.39 is 5.54 Å². The van der Waals surface area contributed by atoms with Gasteiger partial charge in [0.2, 0.25) is 0 Å². The van der Waals surface area contributed by atoms with Crippen LogP contribution in [0.25, 0.3) is 0 Å². The van der Waals surface area contributed by atoms with Crippen LogP contribution in [0.2, 0.25) is 0 Å². The minimum Gasteiger partial charge on any atom is -0.394 e. The summed E-state index contributed by atoms with van der Waals surface area (Å²) in [5, 5.41) is 9.01. The lowest BCUT2D eigenvalue weighted by Gasteiger charge is -2.19. The number of thiophene rings is 1. The lowest BCUT2D eigenvalue weighted by atomic mass is 10.0. The van der Waals surface area contributed by atoms with Crippen LogP contribution in [0.3, 0.4) is 0 Å². The third-order valence-corrected chi connectivity index (χ3v) is 4.16. The van der Waals surface area contributed by atoms with Crippen LogP contribution in [0, 0.1) is 6.92 Å². The molecule has 0 saturated carbocycles. The molecule has 1 atom stereocenters. The van der Waals surface area contributed by atoms with Crippen LogP contribution in [-0.4, -0.2) is 11.7 Å². The molecule has 1 aromatic heterocycles. The minimum absolute atomic E-state index is 0.0284. The van der Waals surface area contributed by atoms with Crippen LogP contribution in [0.15, 0.2) is 10.5 Å². The van der Waals surface area contributed by atoms with Crippen molar-refractivity contribution in [3.8, 4) is 0 Å². The molecule has 0 aliphatic rings. The molecule has 4 heteroatoms. The van der Waals surface area contributed by atoms with Crippen molar-refractivity contribution in [2.24, 2.45) is 5.73 Å². The quantitative estimate of drug-likeness (QED) is 0.843. The zero-order valence-electron chi connectivity index (χ0n) is 7.10. The maximum absolute atomic E-state index is 9.01. The van der Waals surface area contributed by atoms with Gasteiger partial charge < -0.3 is 10.8 Å². The molecular weight excluding hydrogens is 238 g/mol. The highest BCUT2D eigenvalue weighted by atomic mass is 79.9. The van der Waals surface area contributed by atoms with Crippen LogP contribution < -0.4 is 5.73 Å². The first-order valence-corrected chi connectivity index (χ1v) is 5.24. The van der Waals surface area contributed by atoms with Gasteiger partial charge in [-0.2, -0.15) is 0 Å². The van der Waals surface area contributed by atoms with Gasteiger partial charge in [0.05, 0.1) is 12.1 Å². The standard InChI is InChI=1S/C8H12BrNOS/c1-5-6(9)3-7(12-5)8(2,10)4-11/h3,11H,4,10H2,1-2H3. The summed E-state index contributed by atoms with van der Waals surface area (Å²) in [7, 11) is 0. The molecule has 3 N–H and O–H groups in total. The van der Waals surface area contributed by atoms with Crippen LogP contribution in [0.1, 0.15) is 16.7 Å². The topological polar surface area (TPSA) is 46.2 Å². The zero-order chi connectivity index (χ0) is 9.35. The SMILES string of the molecule is Cc1sc(C(C)(N)CO)cc1Br. The molecule has 0 spiro atoms. The number of aliphatic hydroxyl groups is 1. The van der Waals surface area contributed by atoms with Crippen molar-refractivity contribution >= 4 is 27.3 Å². The molecule has 12 heavy (non-hydrogen) atoms. The lowest BCUT2D eigenvalue weighted by molar-refractivity contribution is 0.212. The lowest BCUT2D eigenvalue weighted by Crippen LogP contribution is -2.35. The Bertz CT molecular complexity index is 263. The van der Waals surface area contributed by atoms with E-state index >= 15 is 0 Å². The first kappa shape index (κ1) is 10.2.